The van der Waals surface area contributed by atoms with Crippen LogP contribution in [-0.2, 0) is 4.79 Å². The van der Waals surface area contributed by atoms with E-state index in [0.717, 1.165) is 10.6 Å². The summed E-state index contributed by atoms with van der Waals surface area (Å²) in [6.45, 7) is 1.85. The first kappa shape index (κ1) is 18.0. The van der Waals surface area contributed by atoms with Gasteiger partial charge in [-0.15, -0.1) is 0 Å². The minimum atomic E-state index is -2.65. The summed E-state index contributed by atoms with van der Waals surface area (Å²) >= 11 is 0. The average molecular weight is 358 g/mol. The zero-order valence-electron chi connectivity index (χ0n) is 14.3. The fraction of sp³-hybridized carbons (Fsp3) is 0.150. The van der Waals surface area contributed by atoms with E-state index < -0.39 is 28.9 Å². The highest BCUT2D eigenvalue weighted by Crippen LogP contribution is 2.33. The molecule has 1 atom stereocenters. The fourth-order valence-corrected chi connectivity index (χ4v) is 2.76. The number of anilines is 1. The Balaban J connectivity index is 2.15. The number of aryl methyl sites for hydroxylation is 1. The van der Waals surface area contributed by atoms with Crippen LogP contribution in [0, 0.1) is 35.5 Å². The number of hydrogen-bond donors (Lipinski definition) is 1. The Morgan fingerprint density at radius 3 is 2.26 bits per heavy atom. The number of hydrazone groups is 1. The predicted molar refractivity (Wildman–Crippen MR) is 96.5 cm³/mol. The lowest BCUT2D eigenvalue weighted by molar-refractivity contribution is -0.130. The second-order valence-electron chi connectivity index (χ2n) is 6.05. The highest BCUT2D eigenvalue weighted by Gasteiger charge is 2.58. The summed E-state index contributed by atoms with van der Waals surface area (Å²) in [6.07, 6.45) is 0. The quantitative estimate of drug-likeness (QED) is 0.839. The van der Waals surface area contributed by atoms with E-state index in [2.05, 4.69) is 5.10 Å². The maximum absolute atomic E-state index is 12.9. The van der Waals surface area contributed by atoms with Gasteiger partial charge in [-0.25, -0.2) is 0 Å². The summed E-state index contributed by atoms with van der Waals surface area (Å²) in [5, 5.41) is 34.4. The van der Waals surface area contributed by atoms with Crippen LogP contribution in [0.5, 0.6) is 0 Å². The molecule has 1 N–H and O–H groups in total. The van der Waals surface area contributed by atoms with Gasteiger partial charge < -0.3 is 5.11 Å². The van der Waals surface area contributed by atoms with Gasteiger partial charge in [-0.2, -0.15) is 20.6 Å². The van der Waals surface area contributed by atoms with Crippen molar-refractivity contribution in [3.63, 3.8) is 0 Å². The third-order valence-electron chi connectivity index (χ3n) is 4.29. The average Bonchev–Trinajstić information content (AvgIpc) is 2.95. The number of hydrogen-bond acceptors (Lipinski definition) is 6. The molecule has 7 heteroatoms. The number of ketones is 1. The molecule has 1 aliphatic heterocycles. The first-order valence-corrected chi connectivity index (χ1v) is 8.05. The van der Waals surface area contributed by atoms with Gasteiger partial charge in [0.2, 0.25) is 11.4 Å². The molecule has 1 amide bonds. The van der Waals surface area contributed by atoms with Crippen LogP contribution < -0.4 is 5.01 Å². The lowest BCUT2D eigenvalue weighted by Crippen LogP contribution is -2.54. The molecule has 1 unspecified atom stereocenters. The third kappa shape index (κ3) is 2.86. The van der Waals surface area contributed by atoms with Crippen molar-refractivity contribution in [1.29, 1.82) is 10.5 Å². The number of benzene rings is 2. The largest absolute Gasteiger partial charge is 0.372 e. The van der Waals surface area contributed by atoms with Gasteiger partial charge in [-0.3, -0.25) is 9.59 Å². The van der Waals surface area contributed by atoms with Gasteiger partial charge in [0.1, 0.15) is 0 Å². The molecule has 2 aromatic rings. The van der Waals surface area contributed by atoms with Crippen LogP contribution in [0.1, 0.15) is 15.9 Å². The molecule has 27 heavy (non-hydrogen) atoms. The predicted octanol–water partition coefficient (Wildman–Crippen LogP) is 1.97. The minimum absolute atomic E-state index is 0.190. The highest BCUT2D eigenvalue weighted by atomic mass is 16.3. The van der Waals surface area contributed by atoms with Gasteiger partial charge >= 0.3 is 0 Å². The Morgan fingerprint density at radius 2 is 1.70 bits per heavy atom. The van der Waals surface area contributed by atoms with E-state index in [1.807, 2.05) is 6.92 Å². The summed E-state index contributed by atoms with van der Waals surface area (Å²) in [6, 6.07) is 17.8. The number of nitriles is 2. The maximum atomic E-state index is 12.9. The molecule has 2 aromatic carbocycles. The molecule has 0 bridgehead atoms. The Bertz CT molecular complexity index is 1000. The molecule has 1 heterocycles. The first-order chi connectivity index (χ1) is 12.9. The number of nitrogens with zero attached hydrogens (tertiary/aromatic N) is 4. The van der Waals surface area contributed by atoms with Crippen LogP contribution >= 0.6 is 0 Å². The standard InChI is InChI=1S/C20H14N4O3/c1-13-7-9-14(10-8-13)17(25)18-20(27,15(11-21)12-22)19(26)24(23-18)16-5-3-2-4-6-16/h2-10,15,27H,1H3. The van der Waals surface area contributed by atoms with Gasteiger partial charge in [0.25, 0.3) is 5.91 Å². The molecule has 0 aromatic heterocycles. The van der Waals surface area contributed by atoms with Crippen LogP contribution in [0.3, 0.4) is 0 Å². The number of Topliss-reactive ketones (excluding diaryl/α,β-unsaturated/α-hetero) is 1. The van der Waals surface area contributed by atoms with Gasteiger partial charge in [-0.1, -0.05) is 48.0 Å². The van der Waals surface area contributed by atoms with Crippen molar-refractivity contribution in [2.24, 2.45) is 11.0 Å². The summed E-state index contributed by atoms with van der Waals surface area (Å²) in [5.74, 6) is -3.52. The van der Waals surface area contributed by atoms with E-state index >= 15 is 0 Å². The molecular formula is C20H14N4O3. The van der Waals surface area contributed by atoms with E-state index in [1.54, 1.807) is 54.6 Å². The molecule has 0 fully saturated rings. The van der Waals surface area contributed by atoms with Gasteiger partial charge in [-0.05, 0) is 19.1 Å². The Kier molecular flexibility index (Phi) is 4.55. The van der Waals surface area contributed by atoms with Crippen molar-refractivity contribution < 1.29 is 14.7 Å². The topological polar surface area (TPSA) is 118 Å². The second kappa shape index (κ2) is 6.83. The van der Waals surface area contributed by atoms with Crippen LogP contribution in [0.25, 0.3) is 0 Å². The molecule has 0 spiro atoms. The SMILES string of the molecule is Cc1ccc(C(=O)C2=NN(c3ccccc3)C(=O)C2(O)C(C#N)C#N)cc1. The lowest BCUT2D eigenvalue weighted by Gasteiger charge is -2.23. The zero-order chi connectivity index (χ0) is 19.6. The molecule has 1 aliphatic rings. The van der Waals surface area contributed by atoms with Crippen LogP contribution in [-0.4, -0.2) is 28.1 Å². The molecule has 0 aliphatic carbocycles. The Morgan fingerprint density at radius 1 is 1.11 bits per heavy atom. The van der Waals surface area contributed by atoms with Gasteiger partial charge in [0.15, 0.2) is 11.6 Å². The smallest absolute Gasteiger partial charge is 0.288 e. The number of rotatable bonds is 4. The van der Waals surface area contributed by atoms with Crippen molar-refractivity contribution in [3.8, 4) is 12.1 Å². The summed E-state index contributed by atoms with van der Waals surface area (Å²) in [7, 11) is 0. The van der Waals surface area contributed by atoms with Crippen molar-refractivity contribution in [1.82, 2.24) is 0 Å². The van der Waals surface area contributed by atoms with Crippen molar-refractivity contribution in [2.75, 3.05) is 5.01 Å². The monoisotopic (exact) mass is 358 g/mol. The number of para-hydroxylation sites is 1. The first-order valence-electron chi connectivity index (χ1n) is 8.05. The van der Waals surface area contributed by atoms with Gasteiger partial charge in [0.05, 0.1) is 17.8 Å². The van der Waals surface area contributed by atoms with E-state index in [9.17, 15) is 25.2 Å². The molecular weight excluding hydrogens is 344 g/mol. The van der Waals surface area contributed by atoms with Gasteiger partial charge in [0, 0.05) is 5.56 Å². The van der Waals surface area contributed by atoms with Crippen LogP contribution in [0.4, 0.5) is 5.69 Å². The molecule has 0 radical (unpaired) electrons. The molecule has 7 nitrogen and oxygen atoms in total. The van der Waals surface area contributed by atoms with E-state index in [-0.39, 0.29) is 5.56 Å². The van der Waals surface area contributed by atoms with E-state index in [0.29, 0.717) is 5.69 Å². The highest BCUT2D eigenvalue weighted by molar-refractivity contribution is 6.54. The van der Waals surface area contributed by atoms with Crippen molar-refractivity contribution in [3.05, 3.63) is 65.7 Å². The lowest BCUT2D eigenvalue weighted by atomic mass is 9.81. The molecule has 0 saturated carbocycles. The fourth-order valence-electron chi connectivity index (χ4n) is 2.76. The van der Waals surface area contributed by atoms with Crippen molar-refractivity contribution >= 4 is 23.1 Å². The molecule has 0 saturated heterocycles. The Hall–Kier alpha value is -3.81. The number of carbonyl (C=O) groups excluding carboxylic acids is 2. The number of aliphatic hydroxyl groups is 1. The zero-order valence-corrected chi connectivity index (χ0v) is 14.3. The molecule has 3 rings (SSSR count). The van der Waals surface area contributed by atoms with E-state index in [4.69, 9.17) is 0 Å². The minimum Gasteiger partial charge on any atom is -0.372 e. The summed E-state index contributed by atoms with van der Waals surface area (Å²) in [5.41, 5.74) is -1.78. The van der Waals surface area contributed by atoms with Crippen LogP contribution in [0.15, 0.2) is 59.7 Å². The third-order valence-corrected chi connectivity index (χ3v) is 4.29. The normalized spacial score (nSPS) is 18.8. The maximum Gasteiger partial charge on any atom is 0.288 e. The van der Waals surface area contributed by atoms with E-state index in [1.165, 1.54) is 12.1 Å². The molecule has 132 valence electrons. The summed E-state index contributed by atoms with van der Waals surface area (Å²) < 4.78 is 0. The number of amides is 1. The Labute approximate surface area is 155 Å². The van der Waals surface area contributed by atoms with Crippen molar-refractivity contribution in [2.45, 2.75) is 12.5 Å². The summed E-state index contributed by atoms with van der Waals surface area (Å²) in [4.78, 5) is 25.8. The van der Waals surface area contributed by atoms with Crippen LogP contribution in [0.2, 0.25) is 0 Å². The second-order valence-corrected chi connectivity index (χ2v) is 6.05. The number of carbonyl (C=O) groups is 2.